The summed E-state index contributed by atoms with van der Waals surface area (Å²) in [6, 6.07) is 0.652. The predicted molar refractivity (Wildman–Crippen MR) is 133 cm³/mol. The van der Waals surface area contributed by atoms with Crippen molar-refractivity contribution >= 4 is 41.6 Å². The van der Waals surface area contributed by atoms with Crippen molar-refractivity contribution in [2.45, 2.75) is 18.0 Å². The first-order valence-electron chi connectivity index (χ1n) is 11.3. The second-order valence-electron chi connectivity index (χ2n) is 8.47. The summed E-state index contributed by atoms with van der Waals surface area (Å²) < 4.78 is 126. The number of nitro benzene ring substituents is 1. The van der Waals surface area contributed by atoms with Crippen LogP contribution in [-0.4, -0.2) is 111 Å². The first kappa shape index (κ1) is 33.1. The minimum Gasteiger partial charge on any atom is -0.365 e. The maximum absolute atomic E-state index is 14.3. The highest BCUT2D eigenvalue weighted by molar-refractivity contribution is 7.89. The van der Waals surface area contributed by atoms with Gasteiger partial charge in [0.2, 0.25) is 10.0 Å². The van der Waals surface area contributed by atoms with E-state index in [1.165, 1.54) is 0 Å². The number of piperazine rings is 1. The maximum atomic E-state index is 14.3. The van der Waals surface area contributed by atoms with Crippen LogP contribution < -0.4 is 4.90 Å². The smallest absolute Gasteiger partial charge is 0.365 e. The van der Waals surface area contributed by atoms with Crippen LogP contribution in [0.4, 0.5) is 24.5 Å². The highest BCUT2D eigenvalue weighted by atomic mass is 32.2. The van der Waals surface area contributed by atoms with E-state index < -0.39 is 89.5 Å². The van der Waals surface area contributed by atoms with E-state index in [1.54, 1.807) is 0 Å². The van der Waals surface area contributed by atoms with Crippen molar-refractivity contribution in [3.8, 4) is 0 Å². The zero-order valence-corrected chi connectivity index (χ0v) is 23.7. The van der Waals surface area contributed by atoms with Crippen LogP contribution in [-0.2, 0) is 44.8 Å². The number of nitro groups is 1. The number of hydrogen-bond donors (Lipinski definition) is 0. The van der Waals surface area contributed by atoms with E-state index in [2.05, 4.69) is 8.37 Å². The molecule has 1 saturated heterocycles. The van der Waals surface area contributed by atoms with E-state index in [9.17, 15) is 48.5 Å². The van der Waals surface area contributed by atoms with Crippen LogP contribution >= 0.6 is 0 Å². The third-order valence-electron chi connectivity index (χ3n) is 5.61. The van der Waals surface area contributed by atoms with Gasteiger partial charge in [0.25, 0.3) is 25.9 Å². The van der Waals surface area contributed by atoms with Gasteiger partial charge in [-0.25, -0.2) is 8.42 Å². The van der Waals surface area contributed by atoms with Gasteiger partial charge in [-0.1, -0.05) is 6.92 Å². The molecule has 1 fully saturated rings. The van der Waals surface area contributed by atoms with Gasteiger partial charge in [-0.15, -0.1) is 0 Å². The molecule has 1 aromatic carbocycles. The molecule has 0 N–H and O–H groups in total. The minimum atomic E-state index is -5.31. The van der Waals surface area contributed by atoms with Crippen molar-refractivity contribution in [1.82, 2.24) is 9.21 Å². The molecule has 1 aliphatic rings. The van der Waals surface area contributed by atoms with Crippen LogP contribution in [0.1, 0.15) is 12.5 Å². The van der Waals surface area contributed by atoms with E-state index in [-0.39, 0.29) is 32.2 Å². The fourth-order valence-corrected chi connectivity index (χ4v) is 6.23. The Balaban J connectivity index is 2.76. The van der Waals surface area contributed by atoms with Crippen LogP contribution in [0.2, 0.25) is 0 Å². The van der Waals surface area contributed by atoms with E-state index >= 15 is 0 Å². The lowest BCUT2D eigenvalue weighted by atomic mass is 10.1. The van der Waals surface area contributed by atoms with Crippen molar-refractivity contribution in [2.75, 3.05) is 76.4 Å². The molecule has 0 amide bonds. The molecule has 1 aromatic rings. The zero-order chi connectivity index (χ0) is 29.8. The van der Waals surface area contributed by atoms with Gasteiger partial charge in [0, 0.05) is 51.4 Å². The topological polar surface area (TPSA) is 174 Å². The number of halogens is 3. The Morgan fingerprint density at radius 3 is 1.82 bits per heavy atom. The largest absolute Gasteiger partial charge is 0.418 e. The lowest BCUT2D eigenvalue weighted by Crippen LogP contribution is -2.48. The van der Waals surface area contributed by atoms with Gasteiger partial charge in [0.15, 0.2) is 0 Å². The number of benzene rings is 1. The Labute approximate surface area is 224 Å². The molecule has 224 valence electrons. The quantitative estimate of drug-likeness (QED) is 0.171. The molecule has 1 heterocycles. The summed E-state index contributed by atoms with van der Waals surface area (Å²) in [5.41, 5.74) is -3.86. The average molecular weight is 627 g/mol. The number of alkyl halides is 3. The SMILES string of the molecule is CCN1CCN(S(=O)(=O)c2cc([N+](=O)[O-])cc(C(F)(F)F)c2N(CCOS(C)(=O)=O)CCOS(C)(=O)=O)CC1. The Bertz CT molecular complexity index is 1320. The van der Waals surface area contributed by atoms with Crippen LogP contribution in [0, 0.1) is 10.1 Å². The van der Waals surface area contributed by atoms with Crippen molar-refractivity contribution in [2.24, 2.45) is 0 Å². The molecule has 14 nitrogen and oxygen atoms in total. The molecule has 0 aliphatic carbocycles. The molecule has 0 aromatic heterocycles. The van der Waals surface area contributed by atoms with Crippen LogP contribution in [0.25, 0.3) is 0 Å². The second kappa shape index (κ2) is 12.6. The number of sulfonamides is 1. The monoisotopic (exact) mass is 626 g/mol. The molecule has 0 saturated carbocycles. The van der Waals surface area contributed by atoms with Gasteiger partial charge in [-0.05, 0) is 6.54 Å². The summed E-state index contributed by atoms with van der Waals surface area (Å²) in [7, 11) is -12.9. The predicted octanol–water partition coefficient (Wildman–Crippen LogP) is 0.699. The van der Waals surface area contributed by atoms with Crippen molar-refractivity contribution in [3.05, 3.63) is 27.8 Å². The summed E-state index contributed by atoms with van der Waals surface area (Å²) in [5, 5.41) is 11.5. The molecule has 0 bridgehead atoms. The molecule has 0 spiro atoms. The lowest BCUT2D eigenvalue weighted by Gasteiger charge is -2.35. The second-order valence-corrected chi connectivity index (χ2v) is 13.7. The Morgan fingerprint density at radius 1 is 0.949 bits per heavy atom. The zero-order valence-electron chi connectivity index (χ0n) is 21.2. The normalized spacial score (nSPS) is 16.4. The fraction of sp³-hybridized carbons (Fsp3) is 0.684. The molecule has 0 atom stereocenters. The number of non-ortho nitro benzene ring substituents is 1. The Kier molecular flexibility index (Phi) is 10.7. The third-order valence-corrected chi connectivity index (χ3v) is 8.71. The molecule has 39 heavy (non-hydrogen) atoms. The van der Waals surface area contributed by atoms with Gasteiger partial charge in [-0.2, -0.15) is 34.3 Å². The third kappa shape index (κ3) is 9.50. The van der Waals surface area contributed by atoms with E-state index in [1.807, 2.05) is 11.8 Å². The molecule has 20 heteroatoms. The summed E-state index contributed by atoms with van der Waals surface area (Å²) in [4.78, 5) is 11.9. The van der Waals surface area contributed by atoms with E-state index in [0.29, 0.717) is 25.1 Å². The van der Waals surface area contributed by atoms with E-state index in [0.717, 1.165) is 9.21 Å². The van der Waals surface area contributed by atoms with Crippen molar-refractivity contribution in [3.63, 3.8) is 0 Å². The van der Waals surface area contributed by atoms with Crippen molar-refractivity contribution < 1.29 is 51.7 Å². The summed E-state index contributed by atoms with van der Waals surface area (Å²) in [6.07, 6.45) is -3.94. The highest BCUT2D eigenvalue weighted by Crippen LogP contribution is 2.43. The van der Waals surface area contributed by atoms with Gasteiger partial charge < -0.3 is 9.80 Å². The Morgan fingerprint density at radius 2 is 1.44 bits per heavy atom. The first-order valence-corrected chi connectivity index (χ1v) is 16.4. The highest BCUT2D eigenvalue weighted by Gasteiger charge is 2.42. The summed E-state index contributed by atoms with van der Waals surface area (Å²) in [6.45, 7) is -0.0830. The first-order chi connectivity index (χ1) is 17.8. The average Bonchev–Trinajstić information content (AvgIpc) is 2.80. The number of anilines is 1. The maximum Gasteiger partial charge on any atom is 0.418 e. The molecule has 2 rings (SSSR count). The molecule has 0 radical (unpaired) electrons. The molecular formula is C19H29F3N4O10S3. The minimum absolute atomic E-state index is 0.103. The molecule has 0 unspecified atom stereocenters. The van der Waals surface area contributed by atoms with Gasteiger partial charge in [0.1, 0.15) is 4.90 Å². The molecular weight excluding hydrogens is 597 g/mol. The van der Waals surface area contributed by atoms with Gasteiger partial charge >= 0.3 is 6.18 Å². The Hall–Kier alpha value is -2.10. The summed E-state index contributed by atoms with van der Waals surface area (Å²) >= 11 is 0. The van der Waals surface area contributed by atoms with Crippen LogP contribution in [0.3, 0.4) is 0 Å². The fourth-order valence-electron chi connectivity index (χ4n) is 3.80. The van der Waals surface area contributed by atoms with E-state index in [4.69, 9.17) is 0 Å². The standard InChI is InChI=1S/C19H29F3N4O10S3/c1-4-23-5-7-25(8-6-23)39(33,34)17-14-15(26(27)28)13-16(19(20,21)22)18(17)24(9-11-35-37(2,29)30)10-12-36-38(3,31)32/h13-14H,4-12H2,1-3H3. The number of rotatable bonds is 13. The number of likely N-dealkylation sites (N-methyl/N-ethyl adjacent to an activating group) is 1. The van der Waals surface area contributed by atoms with Crippen molar-refractivity contribution in [1.29, 1.82) is 0 Å². The van der Waals surface area contributed by atoms with Crippen LogP contribution in [0.15, 0.2) is 17.0 Å². The van der Waals surface area contributed by atoms with Gasteiger partial charge in [-0.3, -0.25) is 18.5 Å². The lowest BCUT2D eigenvalue weighted by molar-refractivity contribution is -0.385. The van der Waals surface area contributed by atoms with Crippen LogP contribution in [0.5, 0.6) is 0 Å². The summed E-state index contributed by atoms with van der Waals surface area (Å²) in [5.74, 6) is 0. The molecule has 1 aliphatic heterocycles. The number of nitrogens with zero attached hydrogens (tertiary/aromatic N) is 4. The number of hydrogen-bond acceptors (Lipinski definition) is 12. The van der Waals surface area contributed by atoms with Gasteiger partial charge in [0.05, 0.1) is 41.9 Å².